The fourth-order valence-electron chi connectivity index (χ4n) is 1.56. The lowest BCUT2D eigenvalue weighted by Crippen LogP contribution is -2.20. The van der Waals surface area contributed by atoms with Gasteiger partial charge in [0.25, 0.3) is 0 Å². The highest BCUT2D eigenvalue weighted by Gasteiger charge is 2.04. The van der Waals surface area contributed by atoms with Gasteiger partial charge in [0, 0.05) is 12.1 Å². The Kier molecular flexibility index (Phi) is 6.08. The van der Waals surface area contributed by atoms with Crippen LogP contribution in [0.5, 0.6) is 0 Å². The molecule has 5 nitrogen and oxygen atoms in total. The van der Waals surface area contributed by atoms with Gasteiger partial charge in [-0.05, 0) is 29.1 Å². The van der Waals surface area contributed by atoms with Gasteiger partial charge in [-0.15, -0.1) is 5.10 Å². The van der Waals surface area contributed by atoms with Gasteiger partial charge in [-0.3, -0.25) is 0 Å². The van der Waals surface area contributed by atoms with Crippen LogP contribution in [0.15, 0.2) is 35.5 Å². The van der Waals surface area contributed by atoms with Gasteiger partial charge >= 0.3 is 0 Å². The molecule has 0 saturated heterocycles. The predicted octanol–water partition coefficient (Wildman–Crippen LogP) is 1.43. The molecule has 1 aromatic carbocycles. The van der Waals surface area contributed by atoms with Crippen molar-refractivity contribution in [1.82, 2.24) is 25.5 Å². The van der Waals surface area contributed by atoms with E-state index in [1.807, 2.05) is 30.3 Å². The summed E-state index contributed by atoms with van der Waals surface area (Å²) in [5.74, 6) is 6.92. The number of likely N-dealkylation sites (N-methyl/N-ethyl adjacent to an activating group) is 1. The maximum absolute atomic E-state index is 4.01. The van der Waals surface area contributed by atoms with Crippen LogP contribution in [-0.4, -0.2) is 39.0 Å². The summed E-state index contributed by atoms with van der Waals surface area (Å²) in [5, 5.41) is 15.7. The summed E-state index contributed by atoms with van der Waals surface area (Å²) >= 11 is 1.56. The Balaban J connectivity index is 1.83. The second-order valence-corrected chi connectivity index (χ2v) is 4.94. The molecule has 1 N–H and O–H groups in total. The first-order valence-electron chi connectivity index (χ1n) is 6.53. The van der Waals surface area contributed by atoms with Crippen LogP contribution in [0.2, 0.25) is 0 Å². The molecule has 0 spiro atoms. The normalized spacial score (nSPS) is 10.1. The number of nitrogens with zero attached hydrogens (tertiary/aromatic N) is 4. The van der Waals surface area contributed by atoms with Crippen LogP contribution in [0.3, 0.4) is 0 Å². The van der Waals surface area contributed by atoms with Gasteiger partial charge in [0.2, 0.25) is 5.16 Å². The van der Waals surface area contributed by atoms with Gasteiger partial charge < -0.3 is 5.32 Å². The third-order valence-corrected chi connectivity index (χ3v) is 3.37. The zero-order valence-electron chi connectivity index (χ0n) is 11.4. The smallest absolute Gasteiger partial charge is 0.210 e. The van der Waals surface area contributed by atoms with Crippen molar-refractivity contribution in [1.29, 1.82) is 0 Å². The zero-order valence-corrected chi connectivity index (χ0v) is 12.2. The van der Waals surface area contributed by atoms with Gasteiger partial charge in [-0.25, -0.2) is 4.68 Å². The predicted molar refractivity (Wildman–Crippen MR) is 80.4 cm³/mol. The molecule has 0 amide bonds. The highest BCUT2D eigenvalue weighted by atomic mass is 32.2. The van der Waals surface area contributed by atoms with Crippen LogP contribution in [0, 0.1) is 11.8 Å². The molecule has 0 aliphatic rings. The van der Waals surface area contributed by atoms with E-state index in [4.69, 9.17) is 0 Å². The highest BCUT2D eigenvalue weighted by molar-refractivity contribution is 7.99. The van der Waals surface area contributed by atoms with Crippen molar-refractivity contribution in [2.24, 2.45) is 0 Å². The molecule has 0 radical (unpaired) electrons. The molecule has 1 aromatic heterocycles. The molecule has 2 rings (SSSR count). The number of hydrogen-bond acceptors (Lipinski definition) is 5. The number of rotatable bonds is 6. The number of tetrazole rings is 1. The van der Waals surface area contributed by atoms with Crippen LogP contribution in [0.25, 0.3) is 0 Å². The van der Waals surface area contributed by atoms with Crippen molar-refractivity contribution >= 4 is 11.8 Å². The first-order valence-corrected chi connectivity index (χ1v) is 7.52. The van der Waals surface area contributed by atoms with Crippen LogP contribution in [0.4, 0.5) is 0 Å². The summed E-state index contributed by atoms with van der Waals surface area (Å²) in [6, 6.07) is 9.95. The lowest BCUT2D eigenvalue weighted by atomic mass is 10.2. The molecule has 0 aliphatic carbocycles. The van der Waals surface area contributed by atoms with Gasteiger partial charge in [0.1, 0.15) is 0 Å². The second kappa shape index (κ2) is 8.35. The minimum absolute atomic E-state index is 0.677. The Morgan fingerprint density at radius 2 is 2.15 bits per heavy atom. The molecule has 0 fully saturated rings. The fraction of sp³-hybridized carbons (Fsp3) is 0.357. The summed E-state index contributed by atoms with van der Waals surface area (Å²) in [6.45, 7) is 4.67. The first-order chi connectivity index (χ1) is 9.90. The molecule has 2 aromatic rings. The standard InChI is InChI=1S/C14H17N5S/c1-2-15-10-11-19-14(16-17-18-19)20-12-6-9-13-7-4-3-5-8-13/h3-5,7-8,15H,2,10-12H2,1H3. The van der Waals surface area contributed by atoms with Crippen LogP contribution < -0.4 is 5.32 Å². The average molecular weight is 287 g/mol. The lowest BCUT2D eigenvalue weighted by Gasteiger charge is -2.02. The molecule has 0 bridgehead atoms. The van der Waals surface area contributed by atoms with E-state index < -0.39 is 0 Å². The SMILES string of the molecule is CCNCCn1nnnc1SCC#Cc1ccccc1. The number of thioether (sulfide) groups is 1. The van der Waals surface area contributed by atoms with E-state index in [0.29, 0.717) is 5.75 Å². The molecule has 0 atom stereocenters. The molecule has 6 heteroatoms. The number of hydrogen-bond donors (Lipinski definition) is 1. The molecular weight excluding hydrogens is 270 g/mol. The van der Waals surface area contributed by atoms with Gasteiger partial charge in [0.15, 0.2) is 0 Å². The molecule has 20 heavy (non-hydrogen) atoms. The molecule has 0 unspecified atom stereocenters. The van der Waals surface area contributed by atoms with Crippen molar-refractivity contribution in [3.63, 3.8) is 0 Å². The molecule has 104 valence electrons. The molecule has 0 aliphatic heterocycles. The van der Waals surface area contributed by atoms with E-state index in [1.54, 1.807) is 16.4 Å². The van der Waals surface area contributed by atoms with Crippen molar-refractivity contribution in [2.45, 2.75) is 18.6 Å². The fourth-order valence-corrected chi connectivity index (χ4v) is 2.21. The topological polar surface area (TPSA) is 55.6 Å². The van der Waals surface area contributed by atoms with Crippen molar-refractivity contribution in [3.05, 3.63) is 35.9 Å². The Morgan fingerprint density at radius 1 is 1.30 bits per heavy atom. The zero-order chi connectivity index (χ0) is 14.0. The number of aromatic nitrogens is 4. The third kappa shape index (κ3) is 4.68. The monoisotopic (exact) mass is 287 g/mol. The maximum Gasteiger partial charge on any atom is 0.210 e. The largest absolute Gasteiger partial charge is 0.315 e. The molecular formula is C14H17N5S. The van der Waals surface area contributed by atoms with Gasteiger partial charge in [0.05, 0.1) is 12.3 Å². The van der Waals surface area contributed by atoms with Crippen LogP contribution in [0.1, 0.15) is 12.5 Å². The molecule has 0 saturated carbocycles. The maximum atomic E-state index is 4.01. The minimum atomic E-state index is 0.677. The van der Waals surface area contributed by atoms with Gasteiger partial charge in [-0.1, -0.05) is 48.7 Å². The average Bonchev–Trinajstić information content (AvgIpc) is 2.93. The number of nitrogens with one attached hydrogen (secondary N) is 1. The molecule has 1 heterocycles. The highest BCUT2D eigenvalue weighted by Crippen LogP contribution is 2.12. The van der Waals surface area contributed by atoms with E-state index in [2.05, 4.69) is 39.6 Å². The van der Waals surface area contributed by atoms with Gasteiger partial charge in [-0.2, -0.15) is 0 Å². The van der Waals surface area contributed by atoms with Crippen molar-refractivity contribution in [3.8, 4) is 11.8 Å². The second-order valence-electron chi connectivity index (χ2n) is 3.99. The first kappa shape index (κ1) is 14.6. The van der Waals surface area contributed by atoms with E-state index in [0.717, 1.165) is 30.4 Å². The van der Waals surface area contributed by atoms with Crippen molar-refractivity contribution < 1.29 is 0 Å². The quantitative estimate of drug-likeness (QED) is 0.495. The van der Waals surface area contributed by atoms with E-state index in [9.17, 15) is 0 Å². The third-order valence-electron chi connectivity index (χ3n) is 2.53. The van der Waals surface area contributed by atoms with E-state index in [1.165, 1.54) is 0 Å². The Bertz CT molecular complexity index is 570. The number of benzene rings is 1. The minimum Gasteiger partial charge on any atom is -0.315 e. The van der Waals surface area contributed by atoms with Crippen LogP contribution in [-0.2, 0) is 6.54 Å². The van der Waals surface area contributed by atoms with Crippen molar-refractivity contribution in [2.75, 3.05) is 18.8 Å². The Hall–Kier alpha value is -1.84. The summed E-state index contributed by atoms with van der Waals surface area (Å²) in [6.07, 6.45) is 0. The van der Waals surface area contributed by atoms with Crippen LogP contribution >= 0.6 is 11.8 Å². The summed E-state index contributed by atoms with van der Waals surface area (Å²) in [4.78, 5) is 0. The summed E-state index contributed by atoms with van der Waals surface area (Å²) in [7, 11) is 0. The summed E-state index contributed by atoms with van der Waals surface area (Å²) < 4.78 is 1.80. The van der Waals surface area contributed by atoms with E-state index >= 15 is 0 Å². The summed E-state index contributed by atoms with van der Waals surface area (Å²) in [5.41, 5.74) is 1.03. The lowest BCUT2D eigenvalue weighted by molar-refractivity contribution is 0.518. The van der Waals surface area contributed by atoms with E-state index in [-0.39, 0.29) is 0 Å². The Labute approximate surface area is 123 Å². The Morgan fingerprint density at radius 3 is 2.95 bits per heavy atom.